The molecule has 0 spiro atoms. The molecule has 1 aromatic carbocycles. The van der Waals surface area contributed by atoms with Crippen molar-refractivity contribution in [2.24, 2.45) is 0 Å². The van der Waals surface area contributed by atoms with Gasteiger partial charge in [0.1, 0.15) is 17.7 Å². The number of amides is 3. The highest BCUT2D eigenvalue weighted by Crippen LogP contribution is 2.25. The van der Waals surface area contributed by atoms with Gasteiger partial charge < -0.3 is 15.2 Å². The van der Waals surface area contributed by atoms with E-state index in [9.17, 15) is 14.5 Å². The minimum Gasteiger partial charge on any atom is -0.359 e. The summed E-state index contributed by atoms with van der Waals surface area (Å²) in [5.41, 5.74) is 1.47. The Morgan fingerprint density at radius 3 is 2.29 bits per heavy atom. The summed E-state index contributed by atoms with van der Waals surface area (Å²) in [5.74, 6) is 0.574. The van der Waals surface area contributed by atoms with Gasteiger partial charge in [-0.3, -0.25) is 15.0 Å². The first kappa shape index (κ1) is 26.9. The van der Waals surface area contributed by atoms with E-state index in [4.69, 9.17) is 4.52 Å². The molecule has 1 atom stereocenters. The topological polar surface area (TPSA) is 132 Å². The molecule has 0 saturated carbocycles. The average molecular weight is 521 g/mol. The number of pyridine rings is 1. The molecule has 1 unspecified atom stereocenters. The first-order valence-corrected chi connectivity index (χ1v) is 12.6. The normalized spacial score (nSPS) is 15.9. The van der Waals surface area contributed by atoms with Crippen molar-refractivity contribution in [2.45, 2.75) is 58.5 Å². The van der Waals surface area contributed by atoms with E-state index in [0.717, 1.165) is 17.7 Å². The highest BCUT2D eigenvalue weighted by atomic mass is 16.5. The molecular weight excluding hydrogens is 486 g/mol. The highest BCUT2D eigenvalue weighted by Gasteiger charge is 2.36. The van der Waals surface area contributed by atoms with Crippen LogP contribution in [0.15, 0.2) is 53.2 Å². The Morgan fingerprint density at radius 1 is 1.05 bits per heavy atom. The summed E-state index contributed by atoms with van der Waals surface area (Å²) in [7, 11) is 0. The number of benzene rings is 1. The van der Waals surface area contributed by atoms with Crippen LogP contribution in [-0.4, -0.2) is 56.9 Å². The van der Waals surface area contributed by atoms with Gasteiger partial charge in [-0.2, -0.15) is 0 Å². The van der Waals surface area contributed by atoms with E-state index < -0.39 is 11.9 Å². The van der Waals surface area contributed by atoms with Gasteiger partial charge in [-0.1, -0.05) is 25.9 Å². The Kier molecular flexibility index (Phi) is 7.86. The van der Waals surface area contributed by atoms with Crippen molar-refractivity contribution in [3.63, 3.8) is 0 Å². The molecule has 3 amide bonds. The van der Waals surface area contributed by atoms with Crippen molar-refractivity contribution in [2.75, 3.05) is 29.0 Å². The Labute approximate surface area is 221 Å². The Hall–Kier alpha value is -4.12. The fourth-order valence-corrected chi connectivity index (χ4v) is 4.09. The largest absolute Gasteiger partial charge is 0.359 e. The number of nitrogens with zero attached hydrogens (tertiary/aromatic N) is 4. The maximum Gasteiger partial charge on any atom is 0.324 e. The van der Waals surface area contributed by atoms with Crippen LogP contribution in [0.3, 0.4) is 0 Å². The van der Waals surface area contributed by atoms with Gasteiger partial charge in [-0.25, -0.2) is 9.78 Å². The second-order valence-corrected chi connectivity index (χ2v) is 10.7. The monoisotopic (exact) mass is 520 g/mol. The van der Waals surface area contributed by atoms with Gasteiger partial charge >= 0.3 is 6.03 Å². The Bertz CT molecular complexity index is 1290. The zero-order chi connectivity index (χ0) is 27.4. The van der Waals surface area contributed by atoms with Gasteiger partial charge in [-0.15, -0.1) is 0 Å². The van der Waals surface area contributed by atoms with Gasteiger partial charge in [0.05, 0.1) is 6.54 Å². The van der Waals surface area contributed by atoms with Crippen molar-refractivity contribution < 1.29 is 18.9 Å². The zero-order valence-electron chi connectivity index (χ0n) is 22.3. The summed E-state index contributed by atoms with van der Waals surface area (Å²) in [6, 6.07) is 11.3. The number of anilines is 3. The van der Waals surface area contributed by atoms with Crippen LogP contribution in [0.25, 0.3) is 0 Å². The van der Waals surface area contributed by atoms with Crippen molar-refractivity contribution >= 4 is 34.8 Å². The zero-order valence-corrected chi connectivity index (χ0v) is 22.3. The van der Waals surface area contributed by atoms with Crippen LogP contribution in [0.2, 0.25) is 0 Å². The number of carbonyl (C=O) groups is 2. The Morgan fingerprint density at radius 2 is 1.74 bits per heavy atom. The summed E-state index contributed by atoms with van der Waals surface area (Å²) in [4.78, 5) is 44.1. The SMILES string of the molecule is CC(C)N1CCC([N+](=O)c2ccc(C(=O)Nc3ccc(NC(=O)Nc4cc(C(C)(C)C)on4)cc3)nc2)C1. The molecule has 2 aromatic heterocycles. The molecule has 1 saturated heterocycles. The van der Waals surface area contributed by atoms with Crippen LogP contribution in [-0.2, 0) is 5.41 Å². The van der Waals surface area contributed by atoms with Crippen molar-refractivity contribution in [3.8, 4) is 0 Å². The first-order valence-electron chi connectivity index (χ1n) is 12.6. The van der Waals surface area contributed by atoms with Crippen molar-refractivity contribution in [1.82, 2.24) is 15.0 Å². The number of rotatable bonds is 7. The van der Waals surface area contributed by atoms with Crippen LogP contribution in [0.5, 0.6) is 0 Å². The fraction of sp³-hybridized carbons (Fsp3) is 0.407. The smallest absolute Gasteiger partial charge is 0.324 e. The van der Waals surface area contributed by atoms with E-state index in [-0.39, 0.29) is 17.2 Å². The van der Waals surface area contributed by atoms with E-state index >= 15 is 0 Å². The molecule has 1 aliphatic rings. The molecule has 11 heteroatoms. The summed E-state index contributed by atoms with van der Waals surface area (Å²) < 4.78 is 6.26. The van der Waals surface area contributed by atoms with E-state index in [1.165, 1.54) is 6.20 Å². The van der Waals surface area contributed by atoms with E-state index in [1.807, 2.05) is 20.8 Å². The molecule has 1 fully saturated rings. The summed E-state index contributed by atoms with van der Waals surface area (Å²) >= 11 is 0. The van der Waals surface area contributed by atoms with Gasteiger partial charge in [0.25, 0.3) is 11.6 Å². The third-order valence-electron chi connectivity index (χ3n) is 6.38. The van der Waals surface area contributed by atoms with E-state index in [0.29, 0.717) is 41.2 Å². The molecule has 0 aliphatic carbocycles. The number of likely N-dealkylation sites (tertiary alicyclic amines) is 1. The van der Waals surface area contributed by atoms with E-state index in [1.54, 1.807) is 42.5 Å². The van der Waals surface area contributed by atoms with Crippen LogP contribution < -0.4 is 16.0 Å². The summed E-state index contributed by atoms with van der Waals surface area (Å²) in [5, 5.41) is 12.0. The van der Waals surface area contributed by atoms with Gasteiger partial charge in [0, 0.05) is 57.6 Å². The average Bonchev–Trinajstić information content (AvgIpc) is 3.55. The quantitative estimate of drug-likeness (QED) is 0.367. The number of hydrogen-bond donors (Lipinski definition) is 3. The summed E-state index contributed by atoms with van der Waals surface area (Å²) in [6.45, 7) is 11.8. The predicted molar refractivity (Wildman–Crippen MR) is 145 cm³/mol. The molecule has 0 radical (unpaired) electrons. The molecule has 1 aliphatic heterocycles. The van der Waals surface area contributed by atoms with Gasteiger partial charge in [0.15, 0.2) is 5.82 Å². The number of hydrogen-bond acceptors (Lipinski definition) is 7. The number of nitrogens with one attached hydrogen (secondary N) is 3. The second kappa shape index (κ2) is 11.1. The summed E-state index contributed by atoms with van der Waals surface area (Å²) in [6.07, 6.45) is 2.24. The number of urea groups is 1. The molecule has 11 nitrogen and oxygen atoms in total. The molecule has 200 valence electrons. The minimum atomic E-state index is -0.471. The lowest BCUT2D eigenvalue weighted by Crippen LogP contribution is -2.31. The molecule has 0 bridgehead atoms. The lowest BCUT2D eigenvalue weighted by Gasteiger charge is -2.18. The minimum absolute atomic E-state index is 0.120. The third kappa shape index (κ3) is 6.60. The Balaban J connectivity index is 1.28. The van der Waals surface area contributed by atoms with Crippen LogP contribution in [0.1, 0.15) is 57.3 Å². The van der Waals surface area contributed by atoms with Crippen molar-refractivity contribution in [3.05, 3.63) is 65.0 Å². The number of aromatic nitrogens is 2. The third-order valence-corrected chi connectivity index (χ3v) is 6.38. The van der Waals surface area contributed by atoms with Crippen LogP contribution >= 0.6 is 0 Å². The van der Waals surface area contributed by atoms with Crippen molar-refractivity contribution in [1.29, 1.82) is 0 Å². The fourth-order valence-electron chi connectivity index (χ4n) is 4.09. The van der Waals surface area contributed by atoms with Crippen LogP contribution in [0, 0.1) is 4.91 Å². The highest BCUT2D eigenvalue weighted by molar-refractivity contribution is 6.03. The van der Waals surface area contributed by atoms with Gasteiger partial charge in [0.2, 0.25) is 6.04 Å². The predicted octanol–water partition coefficient (Wildman–Crippen LogP) is 5.16. The molecule has 3 aromatic rings. The lowest BCUT2D eigenvalue weighted by molar-refractivity contribution is -0.502. The first-order chi connectivity index (χ1) is 18.0. The molecule has 4 rings (SSSR count). The molecular formula is C27H34N7O4+. The van der Waals surface area contributed by atoms with Crippen LogP contribution in [0.4, 0.5) is 27.7 Å². The maximum absolute atomic E-state index is 12.7. The van der Waals surface area contributed by atoms with Gasteiger partial charge in [-0.05, 0) is 44.2 Å². The molecule has 38 heavy (non-hydrogen) atoms. The standard InChI is InChI=1S/C27H33N7O4/c1-17(2)33-13-12-21(16-33)34(37)20-10-11-22(28-15-20)25(35)29-18-6-8-19(9-7-18)30-26(36)31-24-14-23(38-32-24)27(3,4)5/h6-11,14-15,17,21H,12-13,16H2,1-5H3,(H2-,28,29,30,31,32,35,36,37)/p+1. The lowest BCUT2D eigenvalue weighted by atomic mass is 9.93. The maximum atomic E-state index is 12.7. The number of nitroso groups, excluding NO2 is 1. The molecule has 3 heterocycles. The number of carbonyl (C=O) groups excluding carboxylic acids is 2. The second-order valence-electron chi connectivity index (χ2n) is 10.7. The molecule has 3 N–H and O–H groups in total. The van der Waals surface area contributed by atoms with E-state index in [2.05, 4.69) is 44.8 Å².